The number of hydrogen-bond acceptors (Lipinski definition) is 3. The molecule has 5 nitrogen and oxygen atoms in total. The van der Waals surface area contributed by atoms with E-state index in [2.05, 4.69) is 10.2 Å². The zero-order chi connectivity index (χ0) is 18.4. The third-order valence-corrected chi connectivity index (χ3v) is 4.70. The number of nitrogens with one attached hydrogen (secondary N) is 2. The highest BCUT2D eigenvalue weighted by Crippen LogP contribution is 2.14. The average molecular weight is 358 g/mol. The fraction of sp³-hybridized carbons (Fsp3) is 0.350. The molecule has 6 heteroatoms. The van der Waals surface area contributed by atoms with Crippen LogP contribution in [0.15, 0.2) is 48.5 Å². The smallest absolute Gasteiger partial charge is 0.275 e. The summed E-state index contributed by atoms with van der Waals surface area (Å²) in [6.45, 7) is 4.49. The van der Waals surface area contributed by atoms with Gasteiger partial charge in [-0.25, -0.2) is 4.39 Å². The summed E-state index contributed by atoms with van der Waals surface area (Å²) in [5, 5.41) is 2.98. The summed E-state index contributed by atoms with van der Waals surface area (Å²) < 4.78 is 18.2. The molecule has 0 aliphatic carbocycles. The third kappa shape index (κ3) is 4.95. The first-order valence-corrected chi connectivity index (χ1v) is 8.88. The molecule has 3 rings (SSSR count). The van der Waals surface area contributed by atoms with Crippen molar-refractivity contribution in [2.24, 2.45) is 0 Å². The van der Waals surface area contributed by atoms with E-state index in [1.807, 2.05) is 24.3 Å². The minimum Gasteiger partial charge on any atom is -0.497 e. The van der Waals surface area contributed by atoms with Crippen LogP contribution in [0.2, 0.25) is 0 Å². The molecule has 1 fully saturated rings. The van der Waals surface area contributed by atoms with E-state index in [4.69, 9.17) is 4.74 Å². The predicted octanol–water partition coefficient (Wildman–Crippen LogP) is 0.856. The number of halogens is 1. The first-order valence-electron chi connectivity index (χ1n) is 8.88. The Morgan fingerprint density at radius 2 is 1.92 bits per heavy atom. The van der Waals surface area contributed by atoms with Gasteiger partial charge in [-0.2, -0.15) is 0 Å². The van der Waals surface area contributed by atoms with Crippen LogP contribution in [0.1, 0.15) is 5.56 Å². The van der Waals surface area contributed by atoms with Crippen LogP contribution in [0.5, 0.6) is 5.75 Å². The lowest BCUT2D eigenvalue weighted by Gasteiger charge is -2.33. The van der Waals surface area contributed by atoms with Crippen molar-refractivity contribution in [3.8, 4) is 5.75 Å². The summed E-state index contributed by atoms with van der Waals surface area (Å²) in [6, 6.07) is 14.3. The average Bonchev–Trinajstić information content (AvgIpc) is 2.68. The maximum atomic E-state index is 13.0. The number of amides is 1. The highest BCUT2D eigenvalue weighted by atomic mass is 19.1. The zero-order valence-electron chi connectivity index (χ0n) is 15.0. The highest BCUT2D eigenvalue weighted by Gasteiger charge is 2.22. The fourth-order valence-corrected chi connectivity index (χ4v) is 3.18. The molecule has 2 N–H and O–H groups in total. The summed E-state index contributed by atoms with van der Waals surface area (Å²) in [6.07, 6.45) is 0. The van der Waals surface area contributed by atoms with Gasteiger partial charge in [0.2, 0.25) is 0 Å². The van der Waals surface area contributed by atoms with Gasteiger partial charge in [0.05, 0.1) is 33.3 Å². The molecule has 0 atom stereocenters. The molecule has 1 amide bonds. The number of methoxy groups -OCH3 is 1. The molecule has 0 spiro atoms. The Morgan fingerprint density at radius 1 is 1.19 bits per heavy atom. The monoisotopic (exact) mass is 358 g/mol. The second-order valence-corrected chi connectivity index (χ2v) is 6.52. The number of benzene rings is 2. The summed E-state index contributed by atoms with van der Waals surface area (Å²) >= 11 is 0. The van der Waals surface area contributed by atoms with Gasteiger partial charge >= 0.3 is 0 Å². The summed E-state index contributed by atoms with van der Waals surface area (Å²) in [5.41, 5.74) is 2.06. The number of quaternary nitrogens is 1. The number of anilines is 1. The minimum atomic E-state index is -0.217. The maximum Gasteiger partial charge on any atom is 0.275 e. The van der Waals surface area contributed by atoms with Crippen LogP contribution in [0.3, 0.4) is 0 Å². The lowest BCUT2D eigenvalue weighted by Crippen LogP contribution is -3.15. The minimum absolute atomic E-state index is 0.0538. The summed E-state index contributed by atoms with van der Waals surface area (Å²) in [7, 11) is 1.63. The van der Waals surface area contributed by atoms with Gasteiger partial charge in [0, 0.05) is 12.2 Å². The van der Waals surface area contributed by atoms with Gasteiger partial charge in [-0.3, -0.25) is 4.79 Å². The van der Waals surface area contributed by atoms with E-state index in [9.17, 15) is 9.18 Å². The molecular weight excluding hydrogens is 333 g/mol. The SMILES string of the molecule is COc1cccc(CNC(=O)C[NH+]2CCN(c3ccc(F)cc3)CC2)c1. The molecule has 0 unspecified atom stereocenters. The van der Waals surface area contributed by atoms with E-state index >= 15 is 0 Å². The van der Waals surface area contributed by atoms with Gasteiger partial charge in [0.25, 0.3) is 5.91 Å². The number of ether oxygens (including phenoxy) is 1. The van der Waals surface area contributed by atoms with Crippen molar-refractivity contribution in [1.29, 1.82) is 0 Å². The van der Waals surface area contributed by atoms with Crippen LogP contribution in [-0.4, -0.2) is 45.7 Å². The highest BCUT2D eigenvalue weighted by molar-refractivity contribution is 5.76. The number of carbonyl (C=O) groups excluding carboxylic acids is 1. The summed E-state index contributed by atoms with van der Waals surface area (Å²) in [4.78, 5) is 15.7. The zero-order valence-corrected chi connectivity index (χ0v) is 15.0. The van der Waals surface area contributed by atoms with Crippen LogP contribution in [0, 0.1) is 5.82 Å². The Morgan fingerprint density at radius 3 is 2.62 bits per heavy atom. The number of nitrogens with zero attached hydrogens (tertiary/aromatic N) is 1. The van der Waals surface area contributed by atoms with Gasteiger partial charge in [-0.1, -0.05) is 12.1 Å². The second-order valence-electron chi connectivity index (χ2n) is 6.52. The molecule has 1 saturated heterocycles. The van der Waals surface area contributed by atoms with Gasteiger partial charge < -0.3 is 19.9 Å². The predicted molar refractivity (Wildman–Crippen MR) is 99.0 cm³/mol. The maximum absolute atomic E-state index is 13.0. The van der Waals surface area contributed by atoms with Gasteiger partial charge in [-0.15, -0.1) is 0 Å². The van der Waals surface area contributed by atoms with Crippen LogP contribution in [0.25, 0.3) is 0 Å². The van der Waals surface area contributed by atoms with Crippen molar-refractivity contribution in [1.82, 2.24) is 5.32 Å². The van der Waals surface area contributed by atoms with E-state index in [-0.39, 0.29) is 11.7 Å². The van der Waals surface area contributed by atoms with Crippen LogP contribution in [0.4, 0.5) is 10.1 Å². The molecule has 2 aromatic rings. The van der Waals surface area contributed by atoms with Gasteiger partial charge in [0.15, 0.2) is 6.54 Å². The van der Waals surface area contributed by atoms with Gasteiger partial charge in [0.1, 0.15) is 11.6 Å². The van der Waals surface area contributed by atoms with E-state index in [0.717, 1.165) is 43.2 Å². The van der Waals surface area contributed by atoms with Crippen molar-refractivity contribution in [3.63, 3.8) is 0 Å². The molecule has 2 aromatic carbocycles. The van der Waals surface area contributed by atoms with Crippen molar-refractivity contribution in [2.75, 3.05) is 44.7 Å². The molecule has 138 valence electrons. The van der Waals surface area contributed by atoms with E-state index in [0.29, 0.717) is 13.1 Å². The molecule has 0 bridgehead atoms. The Labute approximate surface area is 153 Å². The summed E-state index contributed by atoms with van der Waals surface area (Å²) in [5.74, 6) is 0.628. The Kier molecular flexibility index (Phi) is 6.07. The second kappa shape index (κ2) is 8.67. The van der Waals surface area contributed by atoms with Crippen LogP contribution >= 0.6 is 0 Å². The topological polar surface area (TPSA) is 46.0 Å². The quantitative estimate of drug-likeness (QED) is 0.805. The molecule has 26 heavy (non-hydrogen) atoms. The first-order chi connectivity index (χ1) is 12.6. The molecule has 1 aliphatic rings. The molecule has 0 saturated carbocycles. The normalized spacial score (nSPS) is 14.9. The fourth-order valence-electron chi connectivity index (χ4n) is 3.18. The van der Waals surface area contributed by atoms with Crippen LogP contribution < -0.4 is 19.9 Å². The molecular formula is C20H25FN3O2+. The van der Waals surface area contributed by atoms with Crippen molar-refractivity contribution in [3.05, 3.63) is 59.9 Å². The molecule has 1 heterocycles. The molecule has 1 aliphatic heterocycles. The lowest BCUT2D eigenvalue weighted by molar-refractivity contribution is -0.892. The Bertz CT molecular complexity index is 728. The van der Waals surface area contributed by atoms with Crippen LogP contribution in [-0.2, 0) is 11.3 Å². The Balaban J connectivity index is 1.42. The number of carbonyl (C=O) groups is 1. The van der Waals surface area contributed by atoms with Gasteiger partial charge in [-0.05, 0) is 42.0 Å². The van der Waals surface area contributed by atoms with E-state index in [1.165, 1.54) is 17.0 Å². The number of hydrogen-bond donors (Lipinski definition) is 2. The van der Waals surface area contributed by atoms with E-state index < -0.39 is 0 Å². The van der Waals surface area contributed by atoms with Crippen molar-refractivity contribution >= 4 is 11.6 Å². The third-order valence-electron chi connectivity index (χ3n) is 4.70. The first kappa shape index (κ1) is 18.2. The van der Waals surface area contributed by atoms with Crippen molar-refractivity contribution < 1.29 is 18.8 Å². The lowest BCUT2D eigenvalue weighted by atomic mass is 10.2. The van der Waals surface area contributed by atoms with Crippen molar-refractivity contribution in [2.45, 2.75) is 6.54 Å². The standard InChI is InChI=1S/C20H24FN3O2/c1-26-19-4-2-3-16(13-19)14-22-20(25)15-23-9-11-24(12-10-23)18-7-5-17(21)6-8-18/h2-8,13H,9-12,14-15H2,1H3,(H,22,25)/p+1. The van der Waals surface area contributed by atoms with E-state index in [1.54, 1.807) is 19.2 Å². The molecule has 0 radical (unpaired) electrons. The number of piperazine rings is 1. The Hall–Kier alpha value is -2.60. The largest absolute Gasteiger partial charge is 0.497 e. The number of rotatable bonds is 6. The molecule has 0 aromatic heterocycles.